The Kier molecular flexibility index (Phi) is 4.61. The molecule has 0 spiro atoms. The zero-order chi connectivity index (χ0) is 13.7. The first kappa shape index (κ1) is 13.7. The summed E-state index contributed by atoms with van der Waals surface area (Å²) in [5.41, 5.74) is 1.52. The lowest BCUT2D eigenvalue weighted by Gasteiger charge is -2.29. The number of ether oxygens (including phenoxy) is 1. The van der Waals surface area contributed by atoms with Crippen molar-refractivity contribution in [2.45, 2.75) is 6.42 Å². The SMILES string of the molecule is N#CCC(=O)Nc1cc(N2CCOCC2)ccc1Cl. The summed E-state index contributed by atoms with van der Waals surface area (Å²) in [5.74, 6) is -0.358. The van der Waals surface area contributed by atoms with Gasteiger partial charge in [-0.3, -0.25) is 4.79 Å². The lowest BCUT2D eigenvalue weighted by Crippen LogP contribution is -2.36. The van der Waals surface area contributed by atoms with Gasteiger partial charge in [0.1, 0.15) is 6.42 Å². The van der Waals surface area contributed by atoms with Gasteiger partial charge in [-0.1, -0.05) is 11.6 Å². The van der Waals surface area contributed by atoms with Crippen LogP contribution in [0.5, 0.6) is 0 Å². The van der Waals surface area contributed by atoms with Gasteiger partial charge in [-0.05, 0) is 18.2 Å². The lowest BCUT2D eigenvalue weighted by atomic mass is 10.2. The van der Waals surface area contributed by atoms with Gasteiger partial charge in [0.05, 0.1) is 30.0 Å². The zero-order valence-corrected chi connectivity index (χ0v) is 11.1. The highest BCUT2D eigenvalue weighted by Gasteiger charge is 2.13. The smallest absolute Gasteiger partial charge is 0.238 e. The number of nitrogens with one attached hydrogen (secondary N) is 1. The summed E-state index contributed by atoms with van der Waals surface area (Å²) in [7, 11) is 0. The second-order valence-corrected chi connectivity index (χ2v) is 4.55. The summed E-state index contributed by atoms with van der Waals surface area (Å²) < 4.78 is 5.30. The van der Waals surface area contributed by atoms with Crippen molar-refractivity contribution < 1.29 is 9.53 Å². The number of carbonyl (C=O) groups is 1. The molecule has 1 aromatic rings. The maximum atomic E-state index is 11.4. The number of carbonyl (C=O) groups excluding carboxylic acids is 1. The number of nitriles is 1. The van der Waals surface area contributed by atoms with Crippen LogP contribution in [0.3, 0.4) is 0 Å². The normalized spacial score (nSPS) is 14.8. The van der Waals surface area contributed by atoms with Crippen molar-refractivity contribution in [3.05, 3.63) is 23.2 Å². The number of halogens is 1. The first-order valence-electron chi connectivity index (χ1n) is 6.00. The summed E-state index contributed by atoms with van der Waals surface area (Å²) >= 11 is 6.04. The highest BCUT2D eigenvalue weighted by atomic mass is 35.5. The molecular formula is C13H14ClN3O2. The maximum Gasteiger partial charge on any atom is 0.238 e. The summed E-state index contributed by atoms with van der Waals surface area (Å²) in [6.07, 6.45) is -0.182. The Hall–Kier alpha value is -1.77. The molecule has 5 nitrogen and oxygen atoms in total. The van der Waals surface area contributed by atoms with Gasteiger partial charge in [-0.15, -0.1) is 0 Å². The van der Waals surface area contributed by atoms with Crippen LogP contribution in [0.25, 0.3) is 0 Å². The molecule has 1 heterocycles. The van der Waals surface area contributed by atoms with Gasteiger partial charge in [-0.25, -0.2) is 0 Å². The molecule has 1 amide bonds. The summed E-state index contributed by atoms with van der Waals surface area (Å²) in [6.45, 7) is 3.01. The van der Waals surface area contributed by atoms with Crippen molar-refractivity contribution in [2.75, 3.05) is 36.5 Å². The van der Waals surface area contributed by atoms with Crippen LogP contribution in [0.1, 0.15) is 6.42 Å². The first-order valence-corrected chi connectivity index (χ1v) is 6.37. The summed E-state index contributed by atoms with van der Waals surface area (Å²) in [6, 6.07) is 7.28. The number of amides is 1. The average Bonchev–Trinajstić information content (AvgIpc) is 2.42. The Morgan fingerprint density at radius 3 is 2.89 bits per heavy atom. The van der Waals surface area contributed by atoms with Crippen molar-refractivity contribution in [3.8, 4) is 6.07 Å². The molecular weight excluding hydrogens is 266 g/mol. The minimum Gasteiger partial charge on any atom is -0.378 e. The standard InChI is InChI=1S/C13H14ClN3O2/c14-11-2-1-10(17-5-7-19-8-6-17)9-12(11)16-13(18)3-4-15/h1-2,9H,3,5-8H2,(H,16,18). The number of nitrogens with zero attached hydrogens (tertiary/aromatic N) is 2. The van der Waals surface area contributed by atoms with Crippen molar-refractivity contribution in [3.63, 3.8) is 0 Å². The Morgan fingerprint density at radius 1 is 1.47 bits per heavy atom. The number of benzene rings is 1. The Balaban J connectivity index is 2.14. The van der Waals surface area contributed by atoms with Gasteiger partial charge in [0.15, 0.2) is 0 Å². The van der Waals surface area contributed by atoms with Crippen molar-refractivity contribution in [1.29, 1.82) is 5.26 Å². The van der Waals surface area contributed by atoms with Crippen molar-refractivity contribution in [2.24, 2.45) is 0 Å². The minimum absolute atomic E-state index is 0.182. The van der Waals surface area contributed by atoms with Crippen molar-refractivity contribution >= 4 is 28.9 Å². The number of rotatable bonds is 3. The monoisotopic (exact) mass is 279 g/mol. The molecule has 1 N–H and O–H groups in total. The first-order chi connectivity index (χ1) is 9.20. The van der Waals surface area contributed by atoms with E-state index in [4.69, 9.17) is 21.6 Å². The van der Waals surface area contributed by atoms with E-state index in [1.807, 2.05) is 12.1 Å². The van der Waals surface area contributed by atoms with Crippen LogP contribution in [0.2, 0.25) is 5.02 Å². The molecule has 1 aromatic carbocycles. The molecule has 1 aliphatic rings. The molecule has 0 atom stereocenters. The van der Waals surface area contributed by atoms with E-state index in [0.717, 1.165) is 18.8 Å². The third-order valence-electron chi connectivity index (χ3n) is 2.84. The number of anilines is 2. The van der Waals surface area contributed by atoms with Gasteiger partial charge < -0.3 is 15.0 Å². The van der Waals surface area contributed by atoms with Gasteiger partial charge in [0, 0.05) is 18.8 Å². The second kappa shape index (κ2) is 6.41. The van der Waals surface area contributed by atoms with E-state index >= 15 is 0 Å². The average molecular weight is 280 g/mol. The second-order valence-electron chi connectivity index (χ2n) is 4.15. The molecule has 0 saturated carbocycles. The third kappa shape index (κ3) is 3.60. The van der Waals surface area contributed by atoms with E-state index in [1.165, 1.54) is 0 Å². The highest BCUT2D eigenvalue weighted by Crippen LogP contribution is 2.28. The van der Waals surface area contributed by atoms with E-state index < -0.39 is 0 Å². The molecule has 0 unspecified atom stereocenters. The summed E-state index contributed by atoms with van der Waals surface area (Å²) in [4.78, 5) is 13.6. The molecule has 0 bridgehead atoms. The highest BCUT2D eigenvalue weighted by molar-refractivity contribution is 6.33. The maximum absolute atomic E-state index is 11.4. The number of hydrogen-bond acceptors (Lipinski definition) is 4. The van der Waals surface area contributed by atoms with Crippen LogP contribution in [0.4, 0.5) is 11.4 Å². The summed E-state index contributed by atoms with van der Waals surface area (Å²) in [5, 5.41) is 11.6. The zero-order valence-electron chi connectivity index (χ0n) is 10.4. The fourth-order valence-electron chi connectivity index (χ4n) is 1.89. The van der Waals surface area contributed by atoms with Gasteiger partial charge in [-0.2, -0.15) is 5.26 Å². The third-order valence-corrected chi connectivity index (χ3v) is 3.17. The molecule has 19 heavy (non-hydrogen) atoms. The lowest BCUT2D eigenvalue weighted by molar-refractivity contribution is -0.115. The van der Waals surface area contributed by atoms with Crippen molar-refractivity contribution in [1.82, 2.24) is 0 Å². The molecule has 0 aromatic heterocycles. The van der Waals surface area contributed by atoms with Crippen LogP contribution >= 0.6 is 11.6 Å². The van der Waals surface area contributed by atoms with Crippen LogP contribution in [-0.4, -0.2) is 32.2 Å². The molecule has 1 aliphatic heterocycles. The number of hydrogen-bond donors (Lipinski definition) is 1. The molecule has 0 radical (unpaired) electrons. The predicted molar refractivity (Wildman–Crippen MR) is 73.3 cm³/mol. The van der Waals surface area contributed by atoms with E-state index in [9.17, 15) is 4.79 Å². The molecule has 1 saturated heterocycles. The van der Waals surface area contributed by atoms with Gasteiger partial charge >= 0.3 is 0 Å². The van der Waals surface area contributed by atoms with E-state index in [1.54, 1.807) is 12.1 Å². The fraction of sp³-hybridized carbons (Fsp3) is 0.385. The molecule has 6 heteroatoms. The predicted octanol–water partition coefficient (Wildman–Crippen LogP) is 2.03. The van der Waals surface area contributed by atoms with Crippen LogP contribution in [-0.2, 0) is 9.53 Å². The van der Waals surface area contributed by atoms with E-state index in [2.05, 4.69) is 10.2 Å². The molecule has 2 rings (SSSR count). The largest absolute Gasteiger partial charge is 0.378 e. The molecule has 0 aliphatic carbocycles. The van der Waals surface area contributed by atoms with Gasteiger partial charge in [0.25, 0.3) is 0 Å². The quantitative estimate of drug-likeness (QED) is 0.919. The molecule has 100 valence electrons. The van der Waals surface area contributed by atoms with E-state index in [-0.39, 0.29) is 12.3 Å². The van der Waals surface area contributed by atoms with Crippen LogP contribution in [0.15, 0.2) is 18.2 Å². The Labute approximate surface area is 116 Å². The topological polar surface area (TPSA) is 65.4 Å². The van der Waals surface area contributed by atoms with E-state index in [0.29, 0.717) is 23.9 Å². The minimum atomic E-state index is -0.358. The fourth-order valence-corrected chi connectivity index (χ4v) is 2.06. The van der Waals surface area contributed by atoms with Crippen LogP contribution < -0.4 is 10.2 Å². The number of morpholine rings is 1. The molecule has 1 fully saturated rings. The van der Waals surface area contributed by atoms with Gasteiger partial charge in [0.2, 0.25) is 5.91 Å². The Morgan fingerprint density at radius 2 is 2.21 bits per heavy atom. The Bertz CT molecular complexity index is 507. The van der Waals surface area contributed by atoms with Crippen LogP contribution in [0, 0.1) is 11.3 Å².